The first-order valence-electron chi connectivity index (χ1n) is 4.63. The molecule has 1 nitrogen and oxygen atoms in total. The fraction of sp³-hybridized carbons (Fsp3) is 0. The van der Waals surface area contributed by atoms with Gasteiger partial charge in [-0.05, 0) is 12.1 Å². The molecule has 0 atom stereocenters. The van der Waals surface area contributed by atoms with Gasteiger partial charge in [0.25, 0.3) is 0 Å². The highest BCUT2D eigenvalue weighted by molar-refractivity contribution is 6.08. The molecule has 0 aromatic heterocycles. The van der Waals surface area contributed by atoms with Crippen LogP contribution in [0.3, 0.4) is 0 Å². The SMILES string of the molecule is O=C(c1ccccc1)c1cccc(F)c1. The lowest BCUT2D eigenvalue weighted by molar-refractivity contribution is 0.103. The van der Waals surface area contributed by atoms with E-state index in [1.807, 2.05) is 6.07 Å². The summed E-state index contributed by atoms with van der Waals surface area (Å²) in [5.41, 5.74) is 0.948. The molecule has 0 aliphatic rings. The minimum absolute atomic E-state index is 0.157. The molecule has 0 saturated heterocycles. The van der Waals surface area contributed by atoms with Crippen LogP contribution in [0.1, 0.15) is 15.9 Å². The summed E-state index contributed by atoms with van der Waals surface area (Å²) in [5, 5.41) is 0. The second kappa shape index (κ2) is 4.05. The van der Waals surface area contributed by atoms with Crippen molar-refractivity contribution in [1.82, 2.24) is 0 Å². The standard InChI is InChI=1S/C13H9FO/c14-12-8-4-7-11(9-12)13(15)10-5-2-1-3-6-10/h1-9H. The van der Waals surface area contributed by atoms with E-state index in [4.69, 9.17) is 0 Å². The van der Waals surface area contributed by atoms with Crippen molar-refractivity contribution in [2.75, 3.05) is 0 Å². The van der Waals surface area contributed by atoms with Gasteiger partial charge in [-0.25, -0.2) is 4.39 Å². The lowest BCUT2D eigenvalue weighted by atomic mass is 10.0. The van der Waals surface area contributed by atoms with Crippen LogP contribution in [0, 0.1) is 5.82 Å². The lowest BCUT2D eigenvalue weighted by Gasteiger charge is -2.00. The molecular weight excluding hydrogens is 191 g/mol. The van der Waals surface area contributed by atoms with Crippen LogP contribution in [0.4, 0.5) is 4.39 Å². The fourth-order valence-corrected chi connectivity index (χ4v) is 1.39. The summed E-state index contributed by atoms with van der Waals surface area (Å²) in [6.07, 6.45) is 0. The summed E-state index contributed by atoms with van der Waals surface area (Å²) in [6.45, 7) is 0. The maximum Gasteiger partial charge on any atom is 0.193 e. The average Bonchev–Trinajstić information content (AvgIpc) is 2.29. The molecule has 2 rings (SSSR count). The molecule has 15 heavy (non-hydrogen) atoms. The van der Waals surface area contributed by atoms with Crippen molar-refractivity contribution in [1.29, 1.82) is 0 Å². The van der Waals surface area contributed by atoms with Gasteiger partial charge in [-0.3, -0.25) is 4.79 Å². The number of benzene rings is 2. The Kier molecular flexibility index (Phi) is 2.59. The second-order valence-electron chi connectivity index (χ2n) is 3.21. The van der Waals surface area contributed by atoms with Crippen LogP contribution in [0.2, 0.25) is 0 Å². The molecule has 0 spiro atoms. The van der Waals surface area contributed by atoms with E-state index in [1.54, 1.807) is 30.3 Å². The van der Waals surface area contributed by atoms with Gasteiger partial charge in [0.1, 0.15) is 5.82 Å². The van der Waals surface area contributed by atoms with Crippen LogP contribution >= 0.6 is 0 Å². The van der Waals surface area contributed by atoms with Gasteiger partial charge in [-0.1, -0.05) is 42.5 Å². The summed E-state index contributed by atoms with van der Waals surface area (Å²) in [7, 11) is 0. The molecule has 74 valence electrons. The Balaban J connectivity index is 2.37. The Hall–Kier alpha value is -1.96. The van der Waals surface area contributed by atoms with E-state index in [1.165, 1.54) is 18.2 Å². The lowest BCUT2D eigenvalue weighted by Crippen LogP contribution is -2.00. The smallest absolute Gasteiger partial charge is 0.193 e. The zero-order chi connectivity index (χ0) is 10.7. The van der Waals surface area contributed by atoms with Crippen LogP contribution in [-0.4, -0.2) is 5.78 Å². The predicted molar refractivity (Wildman–Crippen MR) is 56.3 cm³/mol. The Labute approximate surface area is 87.2 Å². The van der Waals surface area contributed by atoms with E-state index in [2.05, 4.69) is 0 Å². The van der Waals surface area contributed by atoms with Crippen molar-refractivity contribution < 1.29 is 9.18 Å². The van der Waals surface area contributed by atoms with Gasteiger partial charge in [-0.15, -0.1) is 0 Å². The third-order valence-electron chi connectivity index (χ3n) is 2.12. The zero-order valence-corrected chi connectivity index (χ0v) is 7.98. The Bertz CT molecular complexity index is 477. The van der Waals surface area contributed by atoms with E-state index in [9.17, 15) is 9.18 Å². The molecule has 0 amide bonds. The number of carbonyl (C=O) groups is 1. The monoisotopic (exact) mass is 200 g/mol. The molecule has 2 aromatic carbocycles. The Morgan fingerprint density at radius 1 is 0.867 bits per heavy atom. The highest BCUT2D eigenvalue weighted by Gasteiger charge is 2.08. The van der Waals surface area contributed by atoms with Gasteiger partial charge in [0, 0.05) is 11.1 Å². The first-order valence-corrected chi connectivity index (χ1v) is 4.63. The van der Waals surface area contributed by atoms with E-state index < -0.39 is 5.82 Å². The molecule has 2 aromatic rings. The summed E-state index contributed by atoms with van der Waals surface area (Å²) >= 11 is 0. The molecule has 0 aliphatic heterocycles. The van der Waals surface area contributed by atoms with E-state index in [0.29, 0.717) is 11.1 Å². The van der Waals surface area contributed by atoms with Gasteiger partial charge in [-0.2, -0.15) is 0 Å². The molecule has 0 heterocycles. The van der Waals surface area contributed by atoms with Crippen molar-refractivity contribution in [3.05, 3.63) is 71.5 Å². The average molecular weight is 200 g/mol. The van der Waals surface area contributed by atoms with Crippen LogP contribution < -0.4 is 0 Å². The summed E-state index contributed by atoms with van der Waals surface area (Å²) in [4.78, 5) is 11.8. The first kappa shape index (κ1) is 9.59. The van der Waals surface area contributed by atoms with Gasteiger partial charge in [0.2, 0.25) is 0 Å². The highest BCUT2D eigenvalue weighted by Crippen LogP contribution is 2.10. The summed E-state index contributed by atoms with van der Waals surface area (Å²) in [6, 6.07) is 14.5. The fourth-order valence-electron chi connectivity index (χ4n) is 1.39. The summed E-state index contributed by atoms with van der Waals surface area (Å²) < 4.78 is 12.9. The van der Waals surface area contributed by atoms with Crippen LogP contribution in [0.25, 0.3) is 0 Å². The van der Waals surface area contributed by atoms with Gasteiger partial charge >= 0.3 is 0 Å². The third kappa shape index (κ3) is 2.10. The van der Waals surface area contributed by atoms with Crippen molar-refractivity contribution in [2.45, 2.75) is 0 Å². The van der Waals surface area contributed by atoms with Crippen LogP contribution in [-0.2, 0) is 0 Å². The Morgan fingerprint density at radius 2 is 1.53 bits per heavy atom. The second-order valence-corrected chi connectivity index (χ2v) is 3.21. The highest BCUT2D eigenvalue weighted by atomic mass is 19.1. The number of rotatable bonds is 2. The minimum atomic E-state index is -0.392. The molecule has 0 radical (unpaired) electrons. The van der Waals surface area contributed by atoms with Gasteiger partial charge in [0.15, 0.2) is 5.78 Å². The molecule has 0 bridgehead atoms. The number of hydrogen-bond acceptors (Lipinski definition) is 1. The number of carbonyl (C=O) groups excluding carboxylic acids is 1. The van der Waals surface area contributed by atoms with Gasteiger partial charge in [0.05, 0.1) is 0 Å². The van der Waals surface area contributed by atoms with Crippen LogP contribution in [0.5, 0.6) is 0 Å². The predicted octanol–water partition coefficient (Wildman–Crippen LogP) is 3.06. The van der Waals surface area contributed by atoms with Crippen molar-refractivity contribution >= 4 is 5.78 Å². The number of ketones is 1. The van der Waals surface area contributed by atoms with E-state index in [0.717, 1.165) is 0 Å². The molecule has 0 aliphatic carbocycles. The Morgan fingerprint density at radius 3 is 2.20 bits per heavy atom. The molecule has 0 fully saturated rings. The zero-order valence-electron chi connectivity index (χ0n) is 7.98. The van der Waals surface area contributed by atoms with Crippen molar-refractivity contribution in [3.8, 4) is 0 Å². The van der Waals surface area contributed by atoms with Crippen LogP contribution in [0.15, 0.2) is 54.6 Å². The first-order chi connectivity index (χ1) is 7.27. The third-order valence-corrected chi connectivity index (χ3v) is 2.12. The van der Waals surface area contributed by atoms with E-state index in [-0.39, 0.29) is 5.78 Å². The quantitative estimate of drug-likeness (QED) is 0.681. The molecule has 0 unspecified atom stereocenters. The topological polar surface area (TPSA) is 17.1 Å². The maximum absolute atomic E-state index is 12.9. The molecule has 0 N–H and O–H groups in total. The summed E-state index contributed by atoms with van der Waals surface area (Å²) in [5.74, 6) is -0.549. The van der Waals surface area contributed by atoms with Crippen molar-refractivity contribution in [2.24, 2.45) is 0 Å². The largest absolute Gasteiger partial charge is 0.289 e. The van der Waals surface area contributed by atoms with E-state index >= 15 is 0 Å². The minimum Gasteiger partial charge on any atom is -0.289 e. The van der Waals surface area contributed by atoms with Crippen molar-refractivity contribution in [3.63, 3.8) is 0 Å². The molecular formula is C13H9FO. The maximum atomic E-state index is 12.9. The number of halogens is 1. The molecule has 0 saturated carbocycles. The van der Waals surface area contributed by atoms with Gasteiger partial charge < -0.3 is 0 Å². The normalized spacial score (nSPS) is 9.93. The molecule has 2 heteroatoms. The number of hydrogen-bond donors (Lipinski definition) is 0.